The van der Waals surface area contributed by atoms with Crippen LogP contribution in [0.1, 0.15) is 49.1 Å². The van der Waals surface area contributed by atoms with E-state index in [0.29, 0.717) is 5.69 Å². The Morgan fingerprint density at radius 2 is 1.48 bits per heavy atom. The summed E-state index contributed by atoms with van der Waals surface area (Å²) in [6.45, 7) is 7.98. The highest BCUT2D eigenvalue weighted by molar-refractivity contribution is 7.92. The molecule has 1 amide bonds. The molecule has 3 rings (SSSR count). The molecular weight excluding hydrogens is 432 g/mol. The van der Waals surface area contributed by atoms with E-state index >= 15 is 0 Å². The van der Waals surface area contributed by atoms with Gasteiger partial charge >= 0.3 is 0 Å². The number of amides is 1. The lowest BCUT2D eigenvalue weighted by Gasteiger charge is -2.26. The Hall–Kier alpha value is -3.12. The second kappa shape index (κ2) is 9.79. The lowest BCUT2D eigenvalue weighted by Crippen LogP contribution is -2.42. The molecule has 6 heteroatoms. The number of nitrogens with one attached hydrogen (secondary N) is 1. The number of carbonyl (C=O) groups excluding carboxylic acids is 1. The lowest BCUT2D eigenvalue weighted by molar-refractivity contribution is -0.120. The van der Waals surface area contributed by atoms with E-state index in [2.05, 4.69) is 26.1 Å². The van der Waals surface area contributed by atoms with Crippen molar-refractivity contribution < 1.29 is 13.2 Å². The minimum atomic E-state index is -3.66. The molecule has 5 nitrogen and oxygen atoms in total. The summed E-state index contributed by atoms with van der Waals surface area (Å²) >= 11 is 0. The Kier molecular flexibility index (Phi) is 7.28. The topological polar surface area (TPSA) is 66.5 Å². The summed E-state index contributed by atoms with van der Waals surface area (Å²) in [5.74, 6) is -0.377. The van der Waals surface area contributed by atoms with Gasteiger partial charge in [0, 0.05) is 0 Å². The SMILES string of the molecule is Cc1ccccc1[C@H](NC(=O)CN(c1ccc(C(C)(C)C)cc1)S(C)(=O)=O)c1ccccc1. The van der Waals surface area contributed by atoms with Crippen LogP contribution in [0.25, 0.3) is 0 Å². The number of aryl methyl sites for hydroxylation is 1. The van der Waals surface area contributed by atoms with Gasteiger partial charge in [0.1, 0.15) is 6.54 Å². The fourth-order valence-electron chi connectivity index (χ4n) is 3.76. The summed E-state index contributed by atoms with van der Waals surface area (Å²) in [4.78, 5) is 13.2. The van der Waals surface area contributed by atoms with Gasteiger partial charge in [-0.2, -0.15) is 0 Å². The van der Waals surface area contributed by atoms with Crippen LogP contribution in [0.3, 0.4) is 0 Å². The molecule has 3 aromatic rings. The predicted molar refractivity (Wildman–Crippen MR) is 135 cm³/mol. The molecular formula is C27H32N2O3S. The third-order valence-corrected chi connectivity index (χ3v) is 6.79. The molecule has 0 spiro atoms. The molecule has 0 fully saturated rings. The van der Waals surface area contributed by atoms with E-state index in [1.807, 2.05) is 73.7 Å². The summed E-state index contributed by atoms with van der Waals surface area (Å²) in [5, 5.41) is 3.05. The molecule has 174 valence electrons. The largest absolute Gasteiger partial charge is 0.344 e. The first-order valence-electron chi connectivity index (χ1n) is 10.9. The fourth-order valence-corrected chi connectivity index (χ4v) is 4.62. The molecule has 0 saturated carbocycles. The minimum Gasteiger partial charge on any atom is -0.344 e. The van der Waals surface area contributed by atoms with Gasteiger partial charge in [-0.3, -0.25) is 9.10 Å². The zero-order valence-electron chi connectivity index (χ0n) is 19.9. The Morgan fingerprint density at radius 1 is 0.909 bits per heavy atom. The standard InChI is InChI=1S/C27H32N2O3S/c1-20-11-9-10-14-24(20)26(21-12-7-6-8-13-21)28-25(30)19-29(33(5,31)32)23-17-15-22(16-18-23)27(2,3)4/h6-18,26H,19H2,1-5H3,(H,28,30)/t26-/m1/s1. The zero-order chi connectivity index (χ0) is 24.2. The van der Waals surface area contributed by atoms with Crippen molar-refractivity contribution in [2.24, 2.45) is 0 Å². The highest BCUT2D eigenvalue weighted by atomic mass is 32.2. The molecule has 0 radical (unpaired) electrons. The molecule has 1 atom stereocenters. The van der Waals surface area contributed by atoms with Gasteiger partial charge in [-0.15, -0.1) is 0 Å². The second-order valence-electron chi connectivity index (χ2n) is 9.33. The molecule has 0 aliphatic rings. The van der Waals surface area contributed by atoms with Crippen LogP contribution in [0.15, 0.2) is 78.9 Å². The maximum absolute atomic E-state index is 13.2. The van der Waals surface area contributed by atoms with Crippen LogP contribution in [0, 0.1) is 6.92 Å². The van der Waals surface area contributed by atoms with Crippen molar-refractivity contribution in [1.82, 2.24) is 5.32 Å². The van der Waals surface area contributed by atoms with Crippen LogP contribution in [0.2, 0.25) is 0 Å². The van der Waals surface area contributed by atoms with Gasteiger partial charge in [0.05, 0.1) is 18.0 Å². The first kappa shape index (κ1) is 24.5. The number of anilines is 1. The van der Waals surface area contributed by atoms with Gasteiger partial charge < -0.3 is 5.32 Å². The molecule has 1 N–H and O–H groups in total. The number of benzene rings is 3. The lowest BCUT2D eigenvalue weighted by atomic mass is 9.87. The Morgan fingerprint density at radius 3 is 2.03 bits per heavy atom. The van der Waals surface area contributed by atoms with Crippen LogP contribution >= 0.6 is 0 Å². The quantitative estimate of drug-likeness (QED) is 0.537. The third-order valence-electron chi connectivity index (χ3n) is 5.65. The number of rotatable bonds is 7. The maximum Gasteiger partial charge on any atom is 0.241 e. The predicted octanol–water partition coefficient (Wildman–Crippen LogP) is 4.96. The second-order valence-corrected chi connectivity index (χ2v) is 11.2. The van der Waals surface area contributed by atoms with Crippen molar-refractivity contribution in [3.63, 3.8) is 0 Å². The Labute approximate surface area is 197 Å². The average molecular weight is 465 g/mol. The van der Waals surface area contributed by atoms with Crippen molar-refractivity contribution in [1.29, 1.82) is 0 Å². The summed E-state index contributed by atoms with van der Waals surface area (Å²) in [6.07, 6.45) is 1.12. The van der Waals surface area contributed by atoms with Gasteiger partial charge in [0.2, 0.25) is 15.9 Å². The van der Waals surface area contributed by atoms with E-state index in [1.54, 1.807) is 12.1 Å². The Balaban J connectivity index is 1.89. The van der Waals surface area contributed by atoms with Crippen molar-refractivity contribution in [3.05, 3.63) is 101 Å². The first-order chi connectivity index (χ1) is 15.5. The number of sulfonamides is 1. The summed E-state index contributed by atoms with van der Waals surface area (Å²) in [7, 11) is -3.66. The highest BCUT2D eigenvalue weighted by Crippen LogP contribution is 2.27. The zero-order valence-corrected chi connectivity index (χ0v) is 20.7. The third kappa shape index (κ3) is 6.23. The molecule has 0 aliphatic carbocycles. The monoisotopic (exact) mass is 464 g/mol. The molecule has 0 saturated heterocycles. The normalized spacial score (nSPS) is 12.8. The van der Waals surface area contributed by atoms with Crippen molar-refractivity contribution in [3.8, 4) is 0 Å². The van der Waals surface area contributed by atoms with E-state index in [1.165, 1.54) is 0 Å². The van der Waals surface area contributed by atoms with E-state index in [9.17, 15) is 13.2 Å². The van der Waals surface area contributed by atoms with Crippen LogP contribution < -0.4 is 9.62 Å². The maximum atomic E-state index is 13.2. The van der Waals surface area contributed by atoms with Crippen molar-refractivity contribution >= 4 is 21.6 Å². The van der Waals surface area contributed by atoms with E-state index in [0.717, 1.165) is 32.8 Å². The highest BCUT2D eigenvalue weighted by Gasteiger charge is 2.25. The molecule has 0 unspecified atom stereocenters. The number of nitrogens with zero attached hydrogens (tertiary/aromatic N) is 1. The van der Waals surface area contributed by atoms with Gasteiger partial charge in [-0.05, 0) is 46.7 Å². The summed E-state index contributed by atoms with van der Waals surface area (Å²) in [5.41, 5.74) is 4.45. The van der Waals surface area contributed by atoms with Crippen molar-refractivity contribution in [2.75, 3.05) is 17.1 Å². The van der Waals surface area contributed by atoms with Gasteiger partial charge in [-0.25, -0.2) is 8.42 Å². The van der Waals surface area contributed by atoms with E-state index in [4.69, 9.17) is 0 Å². The molecule has 0 aromatic heterocycles. The molecule has 0 heterocycles. The average Bonchev–Trinajstić information content (AvgIpc) is 2.76. The van der Waals surface area contributed by atoms with Gasteiger partial charge in [0.25, 0.3) is 0 Å². The van der Waals surface area contributed by atoms with Crippen LogP contribution in [-0.4, -0.2) is 27.1 Å². The number of hydrogen-bond donors (Lipinski definition) is 1. The number of carbonyl (C=O) groups is 1. The summed E-state index contributed by atoms with van der Waals surface area (Å²) in [6, 6.07) is 24.5. The van der Waals surface area contributed by atoms with Gasteiger partial charge in [-0.1, -0.05) is 87.5 Å². The Bertz CT molecular complexity index is 1200. The smallest absolute Gasteiger partial charge is 0.241 e. The number of hydrogen-bond acceptors (Lipinski definition) is 3. The molecule has 3 aromatic carbocycles. The van der Waals surface area contributed by atoms with Crippen LogP contribution in [0.4, 0.5) is 5.69 Å². The molecule has 33 heavy (non-hydrogen) atoms. The van der Waals surface area contributed by atoms with E-state index < -0.39 is 10.0 Å². The molecule has 0 bridgehead atoms. The molecule has 0 aliphatic heterocycles. The minimum absolute atomic E-state index is 0.0533. The summed E-state index contributed by atoms with van der Waals surface area (Å²) < 4.78 is 26.3. The van der Waals surface area contributed by atoms with Crippen LogP contribution in [0.5, 0.6) is 0 Å². The van der Waals surface area contributed by atoms with Crippen LogP contribution in [-0.2, 0) is 20.2 Å². The van der Waals surface area contributed by atoms with Crippen molar-refractivity contribution in [2.45, 2.75) is 39.2 Å². The fraction of sp³-hybridized carbons (Fsp3) is 0.296. The van der Waals surface area contributed by atoms with E-state index in [-0.39, 0.29) is 23.9 Å². The first-order valence-corrected chi connectivity index (χ1v) is 12.8. The van der Waals surface area contributed by atoms with Gasteiger partial charge in [0.15, 0.2) is 0 Å².